The minimum absolute atomic E-state index is 0.456. The molecule has 0 spiro atoms. The van der Waals surface area contributed by atoms with Crippen LogP contribution in [0.25, 0.3) is 11.3 Å². The van der Waals surface area contributed by atoms with E-state index in [1.807, 2.05) is 0 Å². The lowest BCUT2D eigenvalue weighted by Crippen LogP contribution is -1.96. The zero-order chi connectivity index (χ0) is 12.6. The molecular formula is C13H16BrN3. The molecule has 1 heterocycles. The first-order valence-corrected chi connectivity index (χ1v) is 6.35. The lowest BCUT2D eigenvalue weighted by Gasteiger charge is -2.09. The van der Waals surface area contributed by atoms with Crippen molar-refractivity contribution in [2.24, 2.45) is 5.73 Å². The predicted octanol–water partition coefficient (Wildman–Crippen LogP) is 3.22. The van der Waals surface area contributed by atoms with Crippen LogP contribution in [-0.2, 0) is 6.54 Å². The number of benzene rings is 1. The van der Waals surface area contributed by atoms with Gasteiger partial charge in [-0.05, 0) is 53.4 Å². The topological polar surface area (TPSA) is 54.7 Å². The quantitative estimate of drug-likeness (QED) is 0.893. The Morgan fingerprint density at radius 3 is 2.53 bits per heavy atom. The van der Waals surface area contributed by atoms with Crippen molar-refractivity contribution in [1.82, 2.24) is 10.2 Å². The van der Waals surface area contributed by atoms with Gasteiger partial charge in [0.05, 0.1) is 10.2 Å². The number of nitrogens with two attached hydrogens (primary N) is 1. The van der Waals surface area contributed by atoms with Crippen molar-refractivity contribution in [3.05, 3.63) is 39.0 Å². The summed E-state index contributed by atoms with van der Waals surface area (Å²) in [6.45, 7) is 6.84. The first-order chi connectivity index (χ1) is 8.06. The maximum Gasteiger partial charge on any atom is 0.107 e. The van der Waals surface area contributed by atoms with Crippen LogP contribution in [0.15, 0.2) is 16.6 Å². The molecule has 0 bridgehead atoms. The van der Waals surface area contributed by atoms with Crippen molar-refractivity contribution in [2.75, 3.05) is 0 Å². The third-order valence-corrected chi connectivity index (χ3v) is 4.15. The number of aryl methyl sites for hydroxylation is 1. The van der Waals surface area contributed by atoms with E-state index in [-0.39, 0.29) is 0 Å². The Kier molecular flexibility index (Phi) is 3.35. The Balaban J connectivity index is 2.61. The number of hydrogen-bond acceptors (Lipinski definition) is 2. The van der Waals surface area contributed by atoms with E-state index in [0.717, 1.165) is 21.4 Å². The Bertz CT molecular complexity index is 558. The van der Waals surface area contributed by atoms with Gasteiger partial charge in [0, 0.05) is 12.1 Å². The number of aromatic nitrogens is 2. The summed E-state index contributed by atoms with van der Waals surface area (Å²) in [5, 5.41) is 7.30. The molecule has 0 amide bonds. The average molecular weight is 294 g/mol. The molecule has 0 unspecified atom stereocenters. The highest BCUT2D eigenvalue weighted by molar-refractivity contribution is 9.10. The summed E-state index contributed by atoms with van der Waals surface area (Å²) in [6.07, 6.45) is 0. The molecule has 2 aromatic rings. The van der Waals surface area contributed by atoms with Crippen LogP contribution in [0, 0.1) is 20.8 Å². The second kappa shape index (κ2) is 4.63. The Morgan fingerprint density at radius 1 is 1.24 bits per heavy atom. The van der Waals surface area contributed by atoms with Gasteiger partial charge in [-0.15, -0.1) is 0 Å². The van der Waals surface area contributed by atoms with Crippen molar-refractivity contribution in [3.8, 4) is 11.3 Å². The number of halogens is 1. The molecule has 0 saturated heterocycles. The van der Waals surface area contributed by atoms with E-state index in [2.05, 4.69) is 59.0 Å². The first kappa shape index (κ1) is 12.3. The predicted molar refractivity (Wildman–Crippen MR) is 73.8 cm³/mol. The monoisotopic (exact) mass is 293 g/mol. The zero-order valence-electron chi connectivity index (χ0n) is 10.3. The SMILES string of the molecule is Cc1ccc(-c2n[nH]c(CN)c2Br)c(C)c1C. The fourth-order valence-electron chi connectivity index (χ4n) is 1.89. The number of aromatic amines is 1. The molecule has 3 N–H and O–H groups in total. The van der Waals surface area contributed by atoms with Crippen molar-refractivity contribution in [1.29, 1.82) is 0 Å². The molecule has 90 valence electrons. The Hall–Kier alpha value is -1.13. The van der Waals surface area contributed by atoms with Crippen LogP contribution < -0.4 is 5.73 Å². The fraction of sp³-hybridized carbons (Fsp3) is 0.308. The summed E-state index contributed by atoms with van der Waals surface area (Å²) in [5.41, 5.74) is 12.5. The Labute approximate surface area is 110 Å². The summed E-state index contributed by atoms with van der Waals surface area (Å²) in [6, 6.07) is 4.24. The normalized spacial score (nSPS) is 10.9. The van der Waals surface area contributed by atoms with Gasteiger partial charge in [0.15, 0.2) is 0 Å². The molecule has 1 aromatic heterocycles. The van der Waals surface area contributed by atoms with Gasteiger partial charge in [-0.25, -0.2) is 0 Å². The summed E-state index contributed by atoms with van der Waals surface area (Å²) in [4.78, 5) is 0. The second-order valence-corrected chi connectivity index (χ2v) is 5.04. The first-order valence-electron chi connectivity index (χ1n) is 5.56. The van der Waals surface area contributed by atoms with Crippen LogP contribution in [0.4, 0.5) is 0 Å². The molecule has 0 aliphatic carbocycles. The molecule has 0 radical (unpaired) electrons. The largest absolute Gasteiger partial charge is 0.325 e. The van der Waals surface area contributed by atoms with Crippen LogP contribution in [0.2, 0.25) is 0 Å². The van der Waals surface area contributed by atoms with Crippen molar-refractivity contribution >= 4 is 15.9 Å². The lowest BCUT2D eigenvalue weighted by atomic mass is 9.97. The average Bonchev–Trinajstić information content (AvgIpc) is 2.68. The van der Waals surface area contributed by atoms with Gasteiger partial charge in [-0.2, -0.15) is 5.10 Å². The van der Waals surface area contributed by atoms with Crippen LogP contribution in [0.1, 0.15) is 22.4 Å². The van der Waals surface area contributed by atoms with Crippen LogP contribution >= 0.6 is 15.9 Å². The number of rotatable bonds is 2. The highest BCUT2D eigenvalue weighted by atomic mass is 79.9. The van der Waals surface area contributed by atoms with E-state index in [0.29, 0.717) is 6.54 Å². The number of nitrogens with zero attached hydrogens (tertiary/aromatic N) is 1. The minimum atomic E-state index is 0.456. The fourth-order valence-corrected chi connectivity index (χ4v) is 2.44. The summed E-state index contributed by atoms with van der Waals surface area (Å²) < 4.78 is 0.964. The number of H-pyrrole nitrogens is 1. The summed E-state index contributed by atoms with van der Waals surface area (Å²) in [7, 11) is 0. The molecule has 4 heteroatoms. The lowest BCUT2D eigenvalue weighted by molar-refractivity contribution is 0.945. The van der Waals surface area contributed by atoms with Crippen LogP contribution in [0.3, 0.4) is 0 Å². The van der Waals surface area contributed by atoms with E-state index < -0.39 is 0 Å². The molecule has 0 fully saturated rings. The molecule has 3 nitrogen and oxygen atoms in total. The molecule has 0 saturated carbocycles. The standard InChI is InChI=1S/C13H16BrN3/c1-7-4-5-10(9(3)8(7)2)13-12(14)11(6-15)16-17-13/h4-5H,6,15H2,1-3H3,(H,16,17). The third kappa shape index (κ3) is 2.03. The number of hydrogen-bond donors (Lipinski definition) is 2. The van der Waals surface area contributed by atoms with Crippen LogP contribution in [-0.4, -0.2) is 10.2 Å². The smallest absolute Gasteiger partial charge is 0.107 e. The van der Waals surface area contributed by atoms with E-state index in [1.165, 1.54) is 16.7 Å². The van der Waals surface area contributed by atoms with Crippen molar-refractivity contribution in [3.63, 3.8) is 0 Å². The van der Waals surface area contributed by atoms with E-state index in [4.69, 9.17) is 5.73 Å². The molecule has 17 heavy (non-hydrogen) atoms. The van der Waals surface area contributed by atoms with Gasteiger partial charge in [0.25, 0.3) is 0 Å². The third-order valence-electron chi connectivity index (χ3n) is 3.29. The Morgan fingerprint density at radius 2 is 1.94 bits per heavy atom. The number of nitrogens with one attached hydrogen (secondary N) is 1. The van der Waals surface area contributed by atoms with Crippen molar-refractivity contribution in [2.45, 2.75) is 27.3 Å². The zero-order valence-corrected chi connectivity index (χ0v) is 11.9. The molecule has 0 atom stereocenters. The highest BCUT2D eigenvalue weighted by Gasteiger charge is 2.14. The van der Waals surface area contributed by atoms with Gasteiger partial charge in [-0.3, -0.25) is 5.10 Å². The molecule has 0 aliphatic heterocycles. The second-order valence-electron chi connectivity index (χ2n) is 4.25. The molecule has 2 rings (SSSR count). The van der Waals surface area contributed by atoms with Gasteiger partial charge in [0.1, 0.15) is 5.69 Å². The van der Waals surface area contributed by atoms with Crippen molar-refractivity contribution < 1.29 is 0 Å². The van der Waals surface area contributed by atoms with E-state index >= 15 is 0 Å². The summed E-state index contributed by atoms with van der Waals surface area (Å²) >= 11 is 3.55. The molecule has 0 aliphatic rings. The summed E-state index contributed by atoms with van der Waals surface area (Å²) in [5.74, 6) is 0. The van der Waals surface area contributed by atoms with Gasteiger partial charge < -0.3 is 5.73 Å². The molecule has 1 aromatic carbocycles. The van der Waals surface area contributed by atoms with E-state index in [1.54, 1.807) is 0 Å². The van der Waals surface area contributed by atoms with Gasteiger partial charge in [0.2, 0.25) is 0 Å². The van der Waals surface area contributed by atoms with Gasteiger partial charge in [-0.1, -0.05) is 12.1 Å². The maximum absolute atomic E-state index is 5.63. The minimum Gasteiger partial charge on any atom is -0.325 e. The molecular weight excluding hydrogens is 278 g/mol. The van der Waals surface area contributed by atoms with Crippen LogP contribution in [0.5, 0.6) is 0 Å². The highest BCUT2D eigenvalue weighted by Crippen LogP contribution is 2.32. The van der Waals surface area contributed by atoms with E-state index in [9.17, 15) is 0 Å². The van der Waals surface area contributed by atoms with Gasteiger partial charge >= 0.3 is 0 Å². The maximum atomic E-state index is 5.63.